The lowest BCUT2D eigenvalue weighted by molar-refractivity contribution is 0.0484. The van der Waals surface area contributed by atoms with Crippen molar-refractivity contribution >= 4 is 5.91 Å². The molecule has 0 radical (unpaired) electrons. The van der Waals surface area contributed by atoms with Gasteiger partial charge in [0.1, 0.15) is 12.4 Å². The average molecular weight is 411 g/mol. The van der Waals surface area contributed by atoms with Crippen molar-refractivity contribution in [3.8, 4) is 11.5 Å². The number of likely N-dealkylation sites (tertiary alicyclic amines) is 1. The summed E-state index contributed by atoms with van der Waals surface area (Å²) in [6, 6.07) is 5.43. The molecule has 160 valence electrons. The lowest BCUT2D eigenvalue weighted by Gasteiger charge is -2.44. The van der Waals surface area contributed by atoms with Gasteiger partial charge >= 0.3 is 0 Å². The normalized spacial score (nSPS) is 21.1. The van der Waals surface area contributed by atoms with Crippen molar-refractivity contribution in [1.29, 1.82) is 0 Å². The molecule has 30 heavy (non-hydrogen) atoms. The molecule has 4 rings (SSSR count). The predicted molar refractivity (Wildman–Crippen MR) is 114 cm³/mol. The van der Waals surface area contributed by atoms with Crippen LogP contribution >= 0.6 is 0 Å². The molecule has 1 aliphatic heterocycles. The summed E-state index contributed by atoms with van der Waals surface area (Å²) in [7, 11) is 1.59. The van der Waals surface area contributed by atoms with Gasteiger partial charge in [0.25, 0.3) is 5.91 Å². The van der Waals surface area contributed by atoms with Crippen molar-refractivity contribution in [2.24, 2.45) is 5.41 Å². The molecule has 1 aliphatic carbocycles. The highest BCUT2D eigenvalue weighted by Gasteiger charge is 2.37. The van der Waals surface area contributed by atoms with Crippen LogP contribution in [0.5, 0.6) is 11.5 Å². The summed E-state index contributed by atoms with van der Waals surface area (Å²) in [6.07, 6.45) is 10.2. The van der Waals surface area contributed by atoms with Gasteiger partial charge in [-0.1, -0.05) is 17.3 Å². The minimum atomic E-state index is 0.0687. The van der Waals surface area contributed by atoms with Crippen molar-refractivity contribution in [1.82, 2.24) is 10.1 Å². The second-order valence-corrected chi connectivity index (χ2v) is 8.50. The fourth-order valence-corrected chi connectivity index (χ4v) is 4.66. The van der Waals surface area contributed by atoms with E-state index in [2.05, 4.69) is 17.3 Å². The molecular formula is C24H30N2O4. The second-order valence-electron chi connectivity index (χ2n) is 8.50. The number of carbonyl (C=O) groups excluding carboxylic acids is 1. The number of carbonyl (C=O) groups is 1. The van der Waals surface area contributed by atoms with E-state index in [1.54, 1.807) is 13.2 Å². The Morgan fingerprint density at radius 3 is 2.80 bits per heavy atom. The van der Waals surface area contributed by atoms with Gasteiger partial charge in [-0.15, -0.1) is 0 Å². The van der Waals surface area contributed by atoms with Gasteiger partial charge in [-0.05, 0) is 69.6 Å². The Balaban J connectivity index is 1.48. The Morgan fingerprint density at radius 2 is 2.10 bits per heavy atom. The topological polar surface area (TPSA) is 64.8 Å². The quantitative estimate of drug-likeness (QED) is 0.660. The zero-order valence-corrected chi connectivity index (χ0v) is 18.1. The van der Waals surface area contributed by atoms with E-state index < -0.39 is 0 Å². The molecule has 0 saturated carbocycles. The summed E-state index contributed by atoms with van der Waals surface area (Å²) in [6.45, 7) is 5.75. The standard InChI is InChI=1S/C24H30N2O4/c1-17-20(18(2)30-25-17)15-29-21-9-8-19(14-22(21)28-3)23(27)26-13-7-12-24(16-26)10-5-4-6-11-24/h4-5,8-9,14H,6-7,10-13,15-16H2,1-3H3. The number of piperidine rings is 1. The highest BCUT2D eigenvalue weighted by atomic mass is 16.5. The number of methoxy groups -OCH3 is 1. The maximum absolute atomic E-state index is 13.2. The first-order valence-corrected chi connectivity index (χ1v) is 10.7. The molecule has 6 heteroatoms. The van der Waals surface area contributed by atoms with Crippen LogP contribution in [0, 0.1) is 19.3 Å². The molecule has 1 unspecified atom stereocenters. The Morgan fingerprint density at radius 1 is 1.23 bits per heavy atom. The molecule has 1 spiro atoms. The summed E-state index contributed by atoms with van der Waals surface area (Å²) in [5.74, 6) is 1.97. The minimum Gasteiger partial charge on any atom is -0.493 e. The van der Waals surface area contributed by atoms with Crippen molar-refractivity contribution in [2.45, 2.75) is 52.6 Å². The molecule has 2 aliphatic rings. The second kappa shape index (κ2) is 8.54. The maximum atomic E-state index is 13.2. The average Bonchev–Trinajstić information content (AvgIpc) is 3.09. The number of aromatic nitrogens is 1. The van der Waals surface area contributed by atoms with Crippen LogP contribution in [-0.2, 0) is 6.61 Å². The SMILES string of the molecule is COc1cc(C(=O)N2CCCC3(CC=CCC3)C2)ccc1OCc1c(C)noc1C. The molecule has 1 aromatic carbocycles. The van der Waals surface area contributed by atoms with Crippen LogP contribution in [0.1, 0.15) is 59.5 Å². The fraction of sp³-hybridized carbons (Fsp3) is 0.500. The van der Waals surface area contributed by atoms with Gasteiger partial charge in [0.2, 0.25) is 0 Å². The van der Waals surface area contributed by atoms with Crippen LogP contribution in [0.2, 0.25) is 0 Å². The molecule has 2 heterocycles. The Labute approximate surface area is 177 Å². The largest absolute Gasteiger partial charge is 0.493 e. The van der Waals surface area contributed by atoms with E-state index in [1.165, 1.54) is 12.8 Å². The first kappa shape index (κ1) is 20.5. The van der Waals surface area contributed by atoms with Crippen LogP contribution in [0.4, 0.5) is 0 Å². The van der Waals surface area contributed by atoms with Gasteiger partial charge in [0, 0.05) is 18.7 Å². The van der Waals surface area contributed by atoms with E-state index >= 15 is 0 Å². The highest BCUT2D eigenvalue weighted by Crippen LogP contribution is 2.41. The zero-order chi connectivity index (χ0) is 21.1. The Hall–Kier alpha value is -2.76. The summed E-state index contributed by atoms with van der Waals surface area (Å²) in [5, 5.41) is 3.96. The van der Waals surface area contributed by atoms with E-state index in [0.717, 1.165) is 49.4 Å². The lowest BCUT2D eigenvalue weighted by atomic mass is 9.71. The molecule has 1 atom stereocenters. The maximum Gasteiger partial charge on any atom is 0.254 e. The molecule has 0 N–H and O–H groups in total. The number of amides is 1. The van der Waals surface area contributed by atoms with Gasteiger partial charge in [-0.25, -0.2) is 0 Å². The van der Waals surface area contributed by atoms with Crippen molar-refractivity contribution in [3.63, 3.8) is 0 Å². The number of allylic oxidation sites excluding steroid dienone is 2. The van der Waals surface area contributed by atoms with Crippen LogP contribution in [0.25, 0.3) is 0 Å². The third-order valence-corrected chi connectivity index (χ3v) is 6.47. The van der Waals surface area contributed by atoms with Crippen LogP contribution in [-0.4, -0.2) is 36.2 Å². The zero-order valence-electron chi connectivity index (χ0n) is 18.1. The molecule has 6 nitrogen and oxygen atoms in total. The predicted octanol–water partition coefficient (Wildman–Crippen LogP) is 4.84. The third kappa shape index (κ3) is 4.09. The third-order valence-electron chi connectivity index (χ3n) is 6.47. The Bertz CT molecular complexity index is 929. The smallest absolute Gasteiger partial charge is 0.254 e. The number of rotatable bonds is 5. The molecule has 2 aromatic rings. The number of hydrogen-bond donors (Lipinski definition) is 0. The Kier molecular flexibility index (Phi) is 5.84. The number of aryl methyl sites for hydroxylation is 2. The summed E-state index contributed by atoms with van der Waals surface area (Å²) < 4.78 is 16.7. The van der Waals surface area contributed by atoms with Crippen LogP contribution in [0.15, 0.2) is 34.9 Å². The number of ether oxygens (including phenoxy) is 2. The summed E-state index contributed by atoms with van der Waals surface area (Å²) >= 11 is 0. The molecule has 0 bridgehead atoms. The fourth-order valence-electron chi connectivity index (χ4n) is 4.66. The number of benzene rings is 1. The van der Waals surface area contributed by atoms with Gasteiger partial charge in [-0.3, -0.25) is 4.79 Å². The minimum absolute atomic E-state index is 0.0687. The number of hydrogen-bond acceptors (Lipinski definition) is 5. The monoisotopic (exact) mass is 410 g/mol. The van der Waals surface area contributed by atoms with Crippen molar-refractivity contribution in [2.75, 3.05) is 20.2 Å². The highest BCUT2D eigenvalue weighted by molar-refractivity contribution is 5.95. The first-order valence-electron chi connectivity index (χ1n) is 10.7. The molecule has 1 fully saturated rings. The lowest BCUT2D eigenvalue weighted by Crippen LogP contribution is -2.46. The van der Waals surface area contributed by atoms with Crippen LogP contribution in [0.3, 0.4) is 0 Å². The van der Waals surface area contributed by atoms with Gasteiger partial charge in [-0.2, -0.15) is 0 Å². The first-order chi connectivity index (χ1) is 14.5. The van der Waals surface area contributed by atoms with E-state index in [-0.39, 0.29) is 11.3 Å². The molecular weight excluding hydrogens is 380 g/mol. The van der Waals surface area contributed by atoms with Gasteiger partial charge in [0.15, 0.2) is 11.5 Å². The summed E-state index contributed by atoms with van der Waals surface area (Å²) in [4.78, 5) is 15.2. The molecule has 1 aromatic heterocycles. The van der Waals surface area contributed by atoms with Crippen molar-refractivity contribution in [3.05, 3.63) is 52.9 Å². The number of nitrogens with zero attached hydrogens (tertiary/aromatic N) is 2. The van der Waals surface area contributed by atoms with E-state index in [4.69, 9.17) is 14.0 Å². The molecule has 1 amide bonds. The van der Waals surface area contributed by atoms with E-state index in [9.17, 15) is 4.79 Å². The van der Waals surface area contributed by atoms with E-state index in [1.807, 2.05) is 30.9 Å². The van der Waals surface area contributed by atoms with Gasteiger partial charge in [0.05, 0.1) is 18.4 Å². The molecule has 1 saturated heterocycles. The van der Waals surface area contributed by atoms with Crippen molar-refractivity contribution < 1.29 is 18.8 Å². The van der Waals surface area contributed by atoms with E-state index in [0.29, 0.717) is 23.7 Å². The van der Waals surface area contributed by atoms with Gasteiger partial charge < -0.3 is 18.9 Å². The van der Waals surface area contributed by atoms with Crippen LogP contribution < -0.4 is 9.47 Å². The summed E-state index contributed by atoms with van der Waals surface area (Å²) in [5.41, 5.74) is 2.64.